The van der Waals surface area contributed by atoms with Crippen molar-refractivity contribution in [3.63, 3.8) is 0 Å². The number of nitrogens with two attached hydrogens (primary N) is 2. The fourth-order valence-corrected chi connectivity index (χ4v) is 0.986. The number of benzene rings is 1. The highest BCUT2D eigenvalue weighted by atomic mass is 16.5. The lowest BCUT2D eigenvalue weighted by atomic mass is 10.3. The number of para-hydroxylation sites is 1. The van der Waals surface area contributed by atoms with Crippen molar-refractivity contribution in [1.82, 2.24) is 0 Å². The molecule has 64 valence electrons. The maximum Gasteiger partial charge on any atom is 0.274 e. The molecule has 0 saturated carbocycles. The first-order valence-corrected chi connectivity index (χ1v) is 3.85. The van der Waals surface area contributed by atoms with Gasteiger partial charge in [0.15, 0.2) is 0 Å². The van der Waals surface area contributed by atoms with E-state index in [9.17, 15) is 0 Å². The lowest BCUT2D eigenvalue weighted by Gasteiger charge is -2.05. The van der Waals surface area contributed by atoms with Crippen LogP contribution in [-0.2, 0) is 0 Å². The minimum Gasteiger partial charge on any atom is -0.493 e. The average molecular weight is 167 g/mol. The number of hydrogen-bond donors (Lipinski definition) is 2. The molecule has 0 aliphatic carbocycles. The number of amidine groups is 1. The fraction of sp³-hybridized carbons (Fsp3) is 0.222. The highest BCUT2D eigenvalue weighted by Gasteiger charge is 2.07. The van der Waals surface area contributed by atoms with Gasteiger partial charge in [-0.25, -0.2) is 0 Å². The molecule has 0 spiro atoms. The molecule has 3 heteroatoms. The number of rotatable bonds is 3. The van der Waals surface area contributed by atoms with Gasteiger partial charge in [0, 0.05) is 0 Å². The fourth-order valence-electron chi connectivity index (χ4n) is 0.986. The summed E-state index contributed by atoms with van der Waals surface area (Å²) in [6.45, 7) is 2.54. The van der Waals surface area contributed by atoms with Crippen LogP contribution in [0.5, 0.6) is 5.75 Å². The molecule has 0 bridgehead atoms. The molecule has 3 nitrogen and oxygen atoms in total. The van der Waals surface area contributed by atoms with Crippen LogP contribution in [0, 0.1) is 0 Å². The molecule has 0 saturated heterocycles. The van der Waals surface area contributed by atoms with E-state index in [-0.39, 0.29) is 0 Å². The van der Waals surface area contributed by atoms with Crippen LogP contribution in [0.3, 0.4) is 0 Å². The molecule has 0 aromatic heterocycles. The monoisotopic (exact) mass is 167 g/mol. The van der Waals surface area contributed by atoms with Gasteiger partial charge in [-0.2, -0.15) is 0 Å². The summed E-state index contributed by atoms with van der Waals surface area (Å²) in [5.41, 5.74) is 6.22. The van der Waals surface area contributed by atoms with E-state index in [1.54, 1.807) is 0 Å². The Morgan fingerprint density at radius 2 is 2.17 bits per heavy atom. The van der Waals surface area contributed by atoms with E-state index in [0.29, 0.717) is 12.4 Å². The van der Waals surface area contributed by atoms with Gasteiger partial charge in [0.25, 0.3) is 5.84 Å². The minimum absolute atomic E-state index is 0.291. The van der Waals surface area contributed by atoms with Gasteiger partial charge in [-0.1, -0.05) is 12.1 Å². The zero-order valence-electron chi connectivity index (χ0n) is 7.08. The van der Waals surface area contributed by atoms with E-state index in [2.05, 4.69) is 0 Å². The molecule has 0 fully saturated rings. The summed E-state index contributed by atoms with van der Waals surface area (Å²) in [7, 11) is 0. The molecular weight excluding hydrogens is 154 g/mol. The van der Waals surface area contributed by atoms with Crippen LogP contribution in [0.4, 0.5) is 0 Å². The van der Waals surface area contributed by atoms with Crippen LogP contribution >= 0.6 is 0 Å². The normalized spacial score (nSPS) is 9.42. The van der Waals surface area contributed by atoms with Crippen LogP contribution in [0.2, 0.25) is 0 Å². The Morgan fingerprint density at radius 1 is 1.50 bits per heavy atom. The Morgan fingerprint density at radius 3 is 2.75 bits per heavy atom. The molecule has 0 radical (unpaired) electrons. The summed E-state index contributed by atoms with van der Waals surface area (Å²) in [6, 6.07) is 7.44. The Balaban J connectivity index is 3.00. The third kappa shape index (κ3) is 1.75. The summed E-state index contributed by atoms with van der Waals surface area (Å²) in [5.74, 6) is 1.03. The second-order valence-electron chi connectivity index (χ2n) is 2.38. The predicted octanol–water partition coefficient (Wildman–Crippen LogP) is -0.450. The van der Waals surface area contributed by atoms with Crippen LogP contribution in [0.1, 0.15) is 12.5 Å². The van der Waals surface area contributed by atoms with Crippen molar-refractivity contribution in [3.05, 3.63) is 29.8 Å². The minimum atomic E-state index is 0.291. The molecule has 0 unspecified atom stereocenters. The van der Waals surface area contributed by atoms with Crippen LogP contribution in [-0.4, -0.2) is 12.4 Å². The van der Waals surface area contributed by atoms with Crippen molar-refractivity contribution in [2.24, 2.45) is 5.73 Å². The topological polar surface area (TPSA) is 60.8 Å². The second-order valence-corrected chi connectivity index (χ2v) is 2.38. The Kier molecular flexibility index (Phi) is 2.69. The number of hydrogen-bond acceptors (Lipinski definition) is 1. The van der Waals surface area contributed by atoms with Gasteiger partial charge in [-0.3, -0.25) is 11.1 Å². The van der Waals surface area contributed by atoms with Gasteiger partial charge in [0.05, 0.1) is 6.61 Å². The first kappa shape index (κ1) is 8.59. The van der Waals surface area contributed by atoms with E-state index in [1.165, 1.54) is 0 Å². The standard InChI is InChI=1S/C9H12N2O/c1-2-12-8-6-4-3-5-7(8)9(10)11/h3-6H,2H2,1H3,(H3,10,11)/p+1/i9+2. The third-order valence-corrected chi connectivity index (χ3v) is 1.50. The van der Waals surface area contributed by atoms with Gasteiger partial charge in [-0.15, -0.1) is 0 Å². The molecule has 0 aliphatic heterocycles. The van der Waals surface area contributed by atoms with Crippen molar-refractivity contribution < 1.29 is 10.1 Å². The third-order valence-electron chi connectivity index (χ3n) is 1.50. The first-order valence-electron chi connectivity index (χ1n) is 3.85. The maximum absolute atomic E-state index is 5.46. The van der Waals surface area contributed by atoms with E-state index >= 15 is 0 Å². The van der Waals surface area contributed by atoms with Crippen molar-refractivity contribution in [2.45, 2.75) is 6.92 Å². The molecule has 1 aromatic carbocycles. The van der Waals surface area contributed by atoms with E-state index in [1.807, 2.05) is 31.2 Å². The van der Waals surface area contributed by atoms with Gasteiger partial charge in [-0.05, 0) is 19.1 Å². The second kappa shape index (κ2) is 3.76. The maximum atomic E-state index is 5.46. The van der Waals surface area contributed by atoms with Gasteiger partial charge in [0.1, 0.15) is 11.3 Å². The molecule has 1 rings (SSSR count). The van der Waals surface area contributed by atoms with E-state index in [0.717, 1.165) is 11.3 Å². The first-order chi connectivity index (χ1) is 5.75. The zero-order valence-corrected chi connectivity index (χ0v) is 7.08. The predicted molar refractivity (Wildman–Crippen MR) is 47.8 cm³/mol. The van der Waals surface area contributed by atoms with Crippen LogP contribution in [0.15, 0.2) is 24.3 Å². The van der Waals surface area contributed by atoms with Crippen molar-refractivity contribution in [1.29, 1.82) is 0 Å². The van der Waals surface area contributed by atoms with Crippen molar-refractivity contribution in [3.8, 4) is 5.75 Å². The average Bonchev–Trinajstić information content (AvgIpc) is 2.05. The summed E-state index contributed by atoms with van der Waals surface area (Å²) in [6.07, 6.45) is 0. The van der Waals surface area contributed by atoms with Crippen LogP contribution < -0.4 is 15.9 Å². The summed E-state index contributed by atoms with van der Waals surface area (Å²) in [5, 5.41) is 5.46. The molecule has 12 heavy (non-hydrogen) atoms. The van der Waals surface area contributed by atoms with Crippen LogP contribution in [0.25, 0.3) is 0 Å². The van der Waals surface area contributed by atoms with Gasteiger partial charge in [0.2, 0.25) is 0 Å². The summed E-state index contributed by atoms with van der Waals surface area (Å²) < 4.78 is 5.32. The highest BCUT2D eigenvalue weighted by molar-refractivity contribution is 5.95. The highest BCUT2D eigenvalue weighted by Crippen LogP contribution is 2.15. The van der Waals surface area contributed by atoms with Crippen molar-refractivity contribution >= 4 is 5.84 Å². The quantitative estimate of drug-likeness (QED) is 0.473. The number of ether oxygens (including phenoxy) is 1. The molecule has 0 heterocycles. The Hall–Kier alpha value is -1.51. The largest absolute Gasteiger partial charge is 0.493 e. The molecule has 1 aromatic rings. The lowest BCUT2D eigenvalue weighted by Crippen LogP contribution is -2.46. The molecular formula is C9H13N2O+. The molecule has 4 N–H and O–H groups in total. The smallest absolute Gasteiger partial charge is 0.274 e. The van der Waals surface area contributed by atoms with E-state index in [4.69, 9.17) is 15.9 Å². The van der Waals surface area contributed by atoms with Gasteiger partial charge >= 0.3 is 0 Å². The molecule has 0 atom stereocenters. The van der Waals surface area contributed by atoms with E-state index < -0.39 is 0 Å². The zero-order chi connectivity index (χ0) is 8.97. The lowest BCUT2D eigenvalue weighted by molar-refractivity contribution is -0.114. The Labute approximate surface area is 71.7 Å². The molecule has 0 amide bonds. The molecule has 0 aliphatic rings. The van der Waals surface area contributed by atoms with Crippen molar-refractivity contribution in [2.75, 3.05) is 6.61 Å². The summed E-state index contributed by atoms with van der Waals surface area (Å²) >= 11 is 0. The SMILES string of the molecule is CCOc1ccccc1[14C](N)=[NH2+]. The summed E-state index contributed by atoms with van der Waals surface area (Å²) in [4.78, 5) is 0. The van der Waals surface area contributed by atoms with Gasteiger partial charge < -0.3 is 4.74 Å². The Bertz CT molecular complexity index is 284.